The standard InChI is InChI=1S/C11H10F3N3O2/c1-16(19-2)10(18)8-6-7-4-3-5-9(11(12,13)14)17(7)15-8/h3-6H,1-2H3. The number of rotatable bonds is 2. The van der Waals surface area contributed by atoms with Crippen molar-refractivity contribution in [2.45, 2.75) is 6.18 Å². The molecule has 0 aliphatic carbocycles. The van der Waals surface area contributed by atoms with E-state index >= 15 is 0 Å². The Morgan fingerprint density at radius 3 is 2.68 bits per heavy atom. The van der Waals surface area contributed by atoms with Gasteiger partial charge in [-0.2, -0.15) is 18.3 Å². The van der Waals surface area contributed by atoms with Gasteiger partial charge in [-0.05, 0) is 18.2 Å². The Bertz CT molecular complexity index is 621. The van der Waals surface area contributed by atoms with Gasteiger partial charge in [-0.25, -0.2) is 9.58 Å². The van der Waals surface area contributed by atoms with Crippen molar-refractivity contribution in [1.29, 1.82) is 0 Å². The van der Waals surface area contributed by atoms with E-state index in [1.54, 1.807) is 0 Å². The molecule has 0 atom stereocenters. The molecule has 102 valence electrons. The van der Waals surface area contributed by atoms with Gasteiger partial charge in [0.25, 0.3) is 5.91 Å². The first-order chi connectivity index (χ1) is 8.84. The normalized spacial score (nSPS) is 11.8. The van der Waals surface area contributed by atoms with Crippen LogP contribution in [0.5, 0.6) is 0 Å². The van der Waals surface area contributed by atoms with Crippen LogP contribution in [0.3, 0.4) is 0 Å². The van der Waals surface area contributed by atoms with E-state index in [9.17, 15) is 18.0 Å². The molecule has 0 spiro atoms. The Balaban J connectivity index is 2.55. The first kappa shape index (κ1) is 13.3. The molecule has 8 heteroatoms. The van der Waals surface area contributed by atoms with Gasteiger partial charge in [-0.15, -0.1) is 0 Å². The van der Waals surface area contributed by atoms with Crippen molar-refractivity contribution in [1.82, 2.24) is 14.7 Å². The summed E-state index contributed by atoms with van der Waals surface area (Å²) in [6, 6.07) is 4.86. The van der Waals surface area contributed by atoms with Crippen molar-refractivity contribution in [3.8, 4) is 0 Å². The van der Waals surface area contributed by atoms with Gasteiger partial charge < -0.3 is 0 Å². The number of hydroxylamine groups is 2. The molecule has 1 amide bonds. The summed E-state index contributed by atoms with van der Waals surface area (Å²) in [4.78, 5) is 16.4. The van der Waals surface area contributed by atoms with E-state index in [-0.39, 0.29) is 11.2 Å². The molecule has 0 N–H and O–H groups in total. The smallest absolute Gasteiger partial charge is 0.274 e. The zero-order valence-electron chi connectivity index (χ0n) is 10.1. The van der Waals surface area contributed by atoms with E-state index in [4.69, 9.17) is 0 Å². The molecule has 0 saturated heterocycles. The summed E-state index contributed by atoms with van der Waals surface area (Å²) in [6.07, 6.45) is -4.54. The van der Waals surface area contributed by atoms with Crippen LogP contribution < -0.4 is 0 Å². The number of fused-ring (bicyclic) bond motifs is 1. The van der Waals surface area contributed by atoms with Crippen LogP contribution in [0, 0.1) is 0 Å². The van der Waals surface area contributed by atoms with Crippen molar-refractivity contribution in [2.24, 2.45) is 0 Å². The van der Waals surface area contributed by atoms with Crippen molar-refractivity contribution in [3.05, 3.63) is 35.7 Å². The average molecular weight is 273 g/mol. The lowest BCUT2D eigenvalue weighted by atomic mass is 10.3. The Labute approximate surface area is 106 Å². The van der Waals surface area contributed by atoms with Crippen LogP contribution in [0.4, 0.5) is 13.2 Å². The number of pyridine rings is 1. The first-order valence-corrected chi connectivity index (χ1v) is 5.22. The summed E-state index contributed by atoms with van der Waals surface area (Å²) in [7, 11) is 2.62. The lowest BCUT2D eigenvalue weighted by molar-refractivity contribution is -0.142. The summed E-state index contributed by atoms with van der Waals surface area (Å²) in [5.41, 5.74) is -0.882. The van der Waals surface area contributed by atoms with Crippen molar-refractivity contribution >= 4 is 11.4 Å². The zero-order valence-corrected chi connectivity index (χ0v) is 10.1. The van der Waals surface area contributed by atoms with Gasteiger partial charge in [0, 0.05) is 7.05 Å². The maximum atomic E-state index is 12.8. The average Bonchev–Trinajstić information content (AvgIpc) is 2.78. The third-order valence-electron chi connectivity index (χ3n) is 2.56. The molecule has 0 aromatic carbocycles. The molecule has 5 nitrogen and oxygen atoms in total. The van der Waals surface area contributed by atoms with Crippen LogP contribution in [0.1, 0.15) is 16.2 Å². The van der Waals surface area contributed by atoms with Gasteiger partial charge in [-0.1, -0.05) is 6.07 Å². The summed E-state index contributed by atoms with van der Waals surface area (Å²) in [6.45, 7) is 0. The fourth-order valence-corrected chi connectivity index (χ4v) is 1.58. The predicted molar refractivity (Wildman–Crippen MR) is 59.3 cm³/mol. The second-order valence-corrected chi connectivity index (χ2v) is 3.76. The molecule has 0 radical (unpaired) electrons. The molecule has 0 fully saturated rings. The summed E-state index contributed by atoms with van der Waals surface area (Å²) in [5.74, 6) is -0.626. The lowest BCUT2D eigenvalue weighted by Gasteiger charge is -2.11. The van der Waals surface area contributed by atoms with E-state index in [1.807, 2.05) is 0 Å². The Kier molecular flexibility index (Phi) is 3.19. The molecule has 0 aliphatic heterocycles. The molecule has 2 aromatic heterocycles. The molecule has 0 unspecified atom stereocenters. The van der Waals surface area contributed by atoms with Gasteiger partial charge >= 0.3 is 6.18 Å². The number of carbonyl (C=O) groups is 1. The molecular weight excluding hydrogens is 263 g/mol. The number of carbonyl (C=O) groups excluding carboxylic acids is 1. The maximum Gasteiger partial charge on any atom is 0.433 e. The van der Waals surface area contributed by atoms with E-state index in [2.05, 4.69) is 9.94 Å². The van der Waals surface area contributed by atoms with Gasteiger partial charge in [0.05, 0.1) is 12.6 Å². The van der Waals surface area contributed by atoms with Crippen molar-refractivity contribution in [2.75, 3.05) is 14.2 Å². The number of hydrogen-bond acceptors (Lipinski definition) is 3. The van der Waals surface area contributed by atoms with E-state index in [0.717, 1.165) is 11.1 Å². The van der Waals surface area contributed by atoms with Crippen LogP contribution in [0.15, 0.2) is 24.3 Å². The highest BCUT2D eigenvalue weighted by atomic mass is 19.4. The molecule has 2 aromatic rings. The van der Waals surface area contributed by atoms with Gasteiger partial charge in [0.1, 0.15) is 5.69 Å². The number of aromatic nitrogens is 2. The van der Waals surface area contributed by atoms with Gasteiger partial charge in [0.15, 0.2) is 5.69 Å². The molecule has 0 aliphatic rings. The van der Waals surface area contributed by atoms with Crippen molar-refractivity contribution < 1.29 is 22.8 Å². The lowest BCUT2D eigenvalue weighted by Crippen LogP contribution is -2.25. The minimum Gasteiger partial charge on any atom is -0.274 e. The van der Waals surface area contributed by atoms with Crippen molar-refractivity contribution in [3.63, 3.8) is 0 Å². The molecule has 2 rings (SSSR count). The van der Waals surface area contributed by atoms with E-state index < -0.39 is 17.8 Å². The highest BCUT2D eigenvalue weighted by molar-refractivity contribution is 5.92. The van der Waals surface area contributed by atoms with Gasteiger partial charge in [-0.3, -0.25) is 9.63 Å². The fraction of sp³-hybridized carbons (Fsp3) is 0.273. The summed E-state index contributed by atoms with van der Waals surface area (Å²) in [5, 5.41) is 4.56. The number of hydrogen-bond donors (Lipinski definition) is 0. The number of amides is 1. The monoisotopic (exact) mass is 273 g/mol. The third-order valence-corrected chi connectivity index (χ3v) is 2.56. The zero-order chi connectivity index (χ0) is 14.2. The quantitative estimate of drug-likeness (QED) is 0.786. The fourth-order valence-electron chi connectivity index (χ4n) is 1.58. The van der Waals surface area contributed by atoms with Gasteiger partial charge in [0.2, 0.25) is 0 Å². The SMILES string of the molecule is CON(C)C(=O)c1cc2cccc(C(F)(F)F)n2n1. The van der Waals surface area contributed by atoms with Crippen LogP contribution in [-0.4, -0.2) is 34.7 Å². The van der Waals surface area contributed by atoms with Crippen LogP contribution >= 0.6 is 0 Å². The molecule has 2 heterocycles. The molecule has 19 heavy (non-hydrogen) atoms. The molecule has 0 saturated carbocycles. The maximum absolute atomic E-state index is 12.8. The number of halogens is 3. The second kappa shape index (κ2) is 4.54. The second-order valence-electron chi connectivity index (χ2n) is 3.76. The topological polar surface area (TPSA) is 46.8 Å². The highest BCUT2D eigenvalue weighted by Crippen LogP contribution is 2.29. The third kappa shape index (κ3) is 2.39. The Hall–Kier alpha value is -2.09. The van der Waals surface area contributed by atoms with Crippen LogP contribution in [0.2, 0.25) is 0 Å². The summed E-state index contributed by atoms with van der Waals surface area (Å²) >= 11 is 0. The Morgan fingerprint density at radius 1 is 1.42 bits per heavy atom. The van der Waals surface area contributed by atoms with E-state index in [1.165, 1.54) is 32.4 Å². The predicted octanol–water partition coefficient (Wildman–Crippen LogP) is 1.99. The highest BCUT2D eigenvalue weighted by Gasteiger charge is 2.34. The number of alkyl halides is 3. The van der Waals surface area contributed by atoms with E-state index in [0.29, 0.717) is 4.52 Å². The minimum absolute atomic E-state index is 0.124. The summed E-state index contributed by atoms with van der Waals surface area (Å²) < 4.78 is 39.0. The largest absolute Gasteiger partial charge is 0.433 e. The van der Waals surface area contributed by atoms with Crippen LogP contribution in [-0.2, 0) is 11.0 Å². The Morgan fingerprint density at radius 2 is 2.11 bits per heavy atom. The first-order valence-electron chi connectivity index (χ1n) is 5.22. The number of nitrogens with zero attached hydrogens (tertiary/aromatic N) is 3. The molecule has 0 bridgehead atoms. The molecular formula is C11H10F3N3O2. The van der Waals surface area contributed by atoms with Crippen LogP contribution in [0.25, 0.3) is 5.52 Å². The minimum atomic E-state index is -4.54.